The summed E-state index contributed by atoms with van der Waals surface area (Å²) < 4.78 is 3.36. The zero-order valence-electron chi connectivity index (χ0n) is 13.5. The van der Waals surface area contributed by atoms with Gasteiger partial charge in [0.25, 0.3) is 0 Å². The number of Topliss-reactive ketones (excluding diaryl/α,β-unsaturated/α-hetero) is 1. The van der Waals surface area contributed by atoms with E-state index in [9.17, 15) is 4.79 Å². The third kappa shape index (κ3) is 2.38. The van der Waals surface area contributed by atoms with Crippen molar-refractivity contribution in [2.24, 2.45) is 22.7 Å². The molecule has 4 rings (SSSR count). The normalized spacial score (nSPS) is 30.8. The summed E-state index contributed by atoms with van der Waals surface area (Å²) in [6, 6.07) is 0. The molecule has 112 valence electrons. The van der Waals surface area contributed by atoms with Crippen molar-refractivity contribution in [1.29, 1.82) is 0 Å². The van der Waals surface area contributed by atoms with E-state index in [1.807, 2.05) is 0 Å². The molecule has 0 radical (unpaired) electrons. The summed E-state index contributed by atoms with van der Waals surface area (Å²) in [7, 11) is 0. The summed E-state index contributed by atoms with van der Waals surface area (Å²) >= 11 is 0.161. The van der Waals surface area contributed by atoms with Gasteiger partial charge in [0.2, 0.25) is 0 Å². The van der Waals surface area contributed by atoms with Crippen LogP contribution in [0.2, 0.25) is 0 Å². The summed E-state index contributed by atoms with van der Waals surface area (Å²) in [5.41, 5.74) is 3.67. The molecule has 2 heteroatoms. The SMILES string of the molecule is CC(C)(C)C1=C2C(=C(C(C)(C)C)[Xe]1)C1CCC2CC1=O. The van der Waals surface area contributed by atoms with Crippen molar-refractivity contribution in [1.82, 2.24) is 0 Å². The van der Waals surface area contributed by atoms with Gasteiger partial charge in [0.15, 0.2) is 0 Å². The number of rotatable bonds is 0. The summed E-state index contributed by atoms with van der Waals surface area (Å²) in [5, 5.41) is 0. The molecule has 20 heavy (non-hydrogen) atoms. The maximum absolute atomic E-state index is 12.4. The zero-order chi connectivity index (χ0) is 14.9. The van der Waals surface area contributed by atoms with Gasteiger partial charge in [-0.05, 0) is 0 Å². The Morgan fingerprint density at radius 2 is 1.45 bits per heavy atom. The fourth-order valence-electron chi connectivity index (χ4n) is 3.78. The van der Waals surface area contributed by atoms with E-state index >= 15 is 0 Å². The molecule has 0 aromatic heterocycles. The molecule has 0 N–H and O–H groups in total. The number of hydrogen-bond acceptors (Lipinski definition) is 1. The molecule has 2 unspecified atom stereocenters. The molecule has 0 amide bonds. The van der Waals surface area contributed by atoms with E-state index < -0.39 is 0 Å². The standard InChI is InChI=1S/C18H26OXe/c1-17(2,3)15-13-10-7-8-11(12(19)9-10)14(13)16(20-15)18(4,5)6/h10-11H,7-9H2,1-6H3. The molecule has 4 aliphatic rings. The summed E-state index contributed by atoms with van der Waals surface area (Å²) in [6.45, 7) is 14.1. The first-order chi connectivity index (χ1) is 9.10. The first-order valence-electron chi connectivity index (χ1n) is 7.75. The molecule has 2 bridgehead atoms. The second kappa shape index (κ2) is 4.86. The summed E-state index contributed by atoms with van der Waals surface area (Å²) in [5.74, 6) is 1.32. The fraction of sp³-hybridized carbons (Fsp3) is 0.722. The van der Waals surface area contributed by atoms with E-state index in [2.05, 4.69) is 41.5 Å². The van der Waals surface area contributed by atoms with Gasteiger partial charge >= 0.3 is 149 Å². The third-order valence-corrected chi connectivity index (χ3v) is 9.73. The van der Waals surface area contributed by atoms with Gasteiger partial charge < -0.3 is 0 Å². The predicted molar refractivity (Wildman–Crippen MR) is 78.8 cm³/mol. The van der Waals surface area contributed by atoms with Crippen LogP contribution in [0.1, 0.15) is 60.8 Å². The Kier molecular flexibility index (Phi) is 3.79. The van der Waals surface area contributed by atoms with Gasteiger partial charge in [-0.25, -0.2) is 0 Å². The average molecular weight is 390 g/mol. The Morgan fingerprint density at radius 1 is 0.900 bits per heavy atom. The molecule has 3 saturated carbocycles. The van der Waals surface area contributed by atoms with Crippen LogP contribution in [-0.4, -0.2) is 5.78 Å². The number of fused-ring (bicyclic) bond motifs is 2. The number of carbonyl (C=O) groups is 1. The average Bonchev–Trinajstić information content (AvgIpc) is 2.70. The van der Waals surface area contributed by atoms with Crippen LogP contribution in [0.3, 0.4) is 0 Å². The molecule has 2 atom stereocenters. The molecule has 0 aromatic carbocycles. The zero-order valence-corrected chi connectivity index (χ0v) is 15.6. The van der Waals surface area contributed by atoms with Gasteiger partial charge in [-0.1, -0.05) is 0 Å². The maximum atomic E-state index is 12.4. The van der Waals surface area contributed by atoms with E-state index in [1.54, 1.807) is 5.66 Å². The number of allylic oxidation sites excluding steroid dienone is 4. The quantitative estimate of drug-likeness (QED) is 0.588. The van der Waals surface area contributed by atoms with Gasteiger partial charge in [-0.2, -0.15) is 0 Å². The Hall–Kier alpha value is 0.721. The molecule has 3 fully saturated rings. The van der Waals surface area contributed by atoms with Gasteiger partial charge in [-0.3, -0.25) is 0 Å². The first-order valence-corrected chi connectivity index (χ1v) is 9.77. The molecule has 0 aromatic rings. The number of hydrogen-bond donors (Lipinski definition) is 0. The Balaban J connectivity index is 2.19. The van der Waals surface area contributed by atoms with E-state index in [0.717, 1.165) is 12.8 Å². The van der Waals surface area contributed by atoms with E-state index in [4.69, 9.17) is 0 Å². The van der Waals surface area contributed by atoms with Crippen LogP contribution in [0.4, 0.5) is 0 Å². The molecule has 0 spiro atoms. The Morgan fingerprint density at radius 3 is 1.95 bits per heavy atom. The molecule has 3 aliphatic carbocycles. The Labute approximate surface area is 148 Å². The van der Waals surface area contributed by atoms with Crippen LogP contribution in [0, 0.1) is 66.9 Å². The minimum atomic E-state index is 0.161. The van der Waals surface area contributed by atoms with Crippen LogP contribution in [0.25, 0.3) is 0 Å². The van der Waals surface area contributed by atoms with Crippen molar-refractivity contribution in [2.75, 3.05) is 0 Å². The van der Waals surface area contributed by atoms with Crippen molar-refractivity contribution >= 4 is 5.78 Å². The van der Waals surface area contributed by atoms with E-state index in [0.29, 0.717) is 11.7 Å². The van der Waals surface area contributed by atoms with Gasteiger partial charge in [0, 0.05) is 0 Å². The van der Waals surface area contributed by atoms with Crippen molar-refractivity contribution in [2.45, 2.75) is 60.8 Å². The van der Waals surface area contributed by atoms with Crippen LogP contribution in [-0.2, 0) is 4.79 Å². The van der Waals surface area contributed by atoms with Crippen LogP contribution in [0.5, 0.6) is 0 Å². The minimum absolute atomic E-state index is 0.161. The van der Waals surface area contributed by atoms with Crippen molar-refractivity contribution < 1.29 is 49.0 Å². The monoisotopic (exact) mass is 390 g/mol. The van der Waals surface area contributed by atoms with Crippen LogP contribution in [0.15, 0.2) is 11.2 Å². The van der Waals surface area contributed by atoms with Crippen molar-refractivity contribution in [3.05, 3.63) is 11.2 Å². The summed E-state index contributed by atoms with van der Waals surface area (Å²) in [4.78, 5) is 12.4. The Bertz CT molecular complexity index is 537. The second-order valence-corrected chi connectivity index (χ2v) is 11.0. The van der Waals surface area contributed by atoms with Gasteiger partial charge in [-0.15, -0.1) is 0 Å². The third-order valence-electron chi connectivity index (χ3n) is 4.60. The summed E-state index contributed by atoms with van der Waals surface area (Å²) in [6.07, 6.45) is 3.17. The van der Waals surface area contributed by atoms with Crippen LogP contribution >= 0.6 is 0 Å². The first kappa shape index (κ1) is 15.6. The molecule has 1 aliphatic heterocycles. The van der Waals surface area contributed by atoms with Gasteiger partial charge in [0.1, 0.15) is 0 Å². The van der Waals surface area contributed by atoms with Crippen LogP contribution < -0.4 is 0 Å². The molecular weight excluding hydrogens is 363 g/mol. The molecular formula is C18H26OXe. The molecule has 1 heterocycles. The second-order valence-electron chi connectivity index (χ2n) is 8.52. The number of carbonyl (C=O) groups excluding carboxylic acids is 1. The molecule has 0 saturated heterocycles. The topological polar surface area (TPSA) is 17.1 Å². The van der Waals surface area contributed by atoms with Crippen molar-refractivity contribution in [3.63, 3.8) is 0 Å². The predicted octanol–water partition coefficient (Wildman–Crippen LogP) is 4.68. The number of ketones is 1. The van der Waals surface area contributed by atoms with E-state index in [1.165, 1.54) is 12.0 Å². The van der Waals surface area contributed by atoms with Gasteiger partial charge in [0.05, 0.1) is 0 Å². The molecule has 1 nitrogen and oxygen atoms in total. The fourth-order valence-corrected chi connectivity index (χ4v) is 7.65. The van der Waals surface area contributed by atoms with E-state index in [-0.39, 0.29) is 60.9 Å². The van der Waals surface area contributed by atoms with Crippen molar-refractivity contribution in [3.8, 4) is 0 Å².